The number of aliphatic hydroxyl groups is 1. The maximum absolute atomic E-state index is 12.3. The molecule has 0 bridgehead atoms. The summed E-state index contributed by atoms with van der Waals surface area (Å²) in [6.45, 7) is 3.92. The summed E-state index contributed by atoms with van der Waals surface area (Å²) in [6.07, 6.45) is 6.31. The highest BCUT2D eigenvalue weighted by Gasteiger charge is 2.24. The number of aromatic nitrogens is 3. The Labute approximate surface area is 123 Å². The van der Waals surface area contributed by atoms with Crippen LogP contribution in [0.2, 0.25) is 0 Å². The first kappa shape index (κ1) is 15.2. The minimum Gasteiger partial charge on any atom is -0.396 e. The number of nitrogens with one attached hydrogen (secondary N) is 1. The van der Waals surface area contributed by atoms with Gasteiger partial charge in [0, 0.05) is 30.7 Å². The number of hydrogen-bond donors (Lipinski definition) is 2. The molecule has 1 atom stereocenters. The highest BCUT2D eigenvalue weighted by molar-refractivity contribution is 5.93. The van der Waals surface area contributed by atoms with Crippen molar-refractivity contribution in [1.82, 2.24) is 20.1 Å². The molecule has 0 aromatic carbocycles. The van der Waals surface area contributed by atoms with Crippen LogP contribution >= 0.6 is 0 Å². The number of nitrogens with zero attached hydrogens (tertiary/aromatic N) is 3. The van der Waals surface area contributed by atoms with Crippen LogP contribution in [0.25, 0.3) is 5.69 Å². The lowest BCUT2D eigenvalue weighted by atomic mass is 9.94. The van der Waals surface area contributed by atoms with Crippen molar-refractivity contribution in [1.29, 1.82) is 0 Å². The zero-order chi connectivity index (χ0) is 15.3. The molecule has 112 valence electrons. The molecule has 0 aliphatic heterocycles. The molecule has 0 saturated carbocycles. The highest BCUT2D eigenvalue weighted by atomic mass is 16.3. The molecule has 0 aliphatic carbocycles. The Morgan fingerprint density at radius 2 is 2.29 bits per heavy atom. The molecule has 0 aliphatic rings. The van der Waals surface area contributed by atoms with E-state index in [9.17, 15) is 4.79 Å². The Morgan fingerprint density at radius 3 is 2.90 bits per heavy atom. The third kappa shape index (κ3) is 3.66. The lowest BCUT2D eigenvalue weighted by molar-refractivity contribution is 0.0881. The molecule has 2 aromatic rings. The topological polar surface area (TPSA) is 80.0 Å². The van der Waals surface area contributed by atoms with Crippen molar-refractivity contribution in [3.8, 4) is 5.69 Å². The summed E-state index contributed by atoms with van der Waals surface area (Å²) < 4.78 is 1.67. The van der Waals surface area contributed by atoms with Crippen LogP contribution in [0.5, 0.6) is 0 Å². The average Bonchev–Trinajstić information content (AvgIpc) is 3.02. The summed E-state index contributed by atoms with van der Waals surface area (Å²) in [5.74, 6) is -0.248. The summed E-state index contributed by atoms with van der Waals surface area (Å²) >= 11 is 0. The smallest absolute Gasteiger partial charge is 0.270 e. The number of hydrogen-bond acceptors (Lipinski definition) is 4. The third-order valence-electron chi connectivity index (χ3n) is 3.60. The molecule has 6 nitrogen and oxygen atoms in total. The third-order valence-corrected chi connectivity index (χ3v) is 3.60. The Balaban J connectivity index is 2.18. The van der Waals surface area contributed by atoms with Crippen LogP contribution < -0.4 is 5.32 Å². The van der Waals surface area contributed by atoms with Crippen molar-refractivity contribution >= 4 is 5.91 Å². The molecular weight excluding hydrogens is 268 g/mol. The fourth-order valence-corrected chi connectivity index (χ4v) is 2.02. The maximum atomic E-state index is 12.3. The number of amides is 1. The average molecular weight is 288 g/mol. The number of carbonyl (C=O) groups excluding carboxylic acids is 1. The SMILES string of the molecule is CCC(C)(CCO)NC(=O)c1cc(-n2cccn2)ccn1. The van der Waals surface area contributed by atoms with Gasteiger partial charge in [-0.15, -0.1) is 0 Å². The predicted octanol–water partition coefficient (Wildman–Crippen LogP) is 1.55. The van der Waals surface area contributed by atoms with E-state index in [0.29, 0.717) is 12.1 Å². The highest BCUT2D eigenvalue weighted by Crippen LogP contribution is 2.15. The van der Waals surface area contributed by atoms with Gasteiger partial charge < -0.3 is 10.4 Å². The minimum absolute atomic E-state index is 0.0331. The van der Waals surface area contributed by atoms with E-state index in [1.54, 1.807) is 35.4 Å². The molecule has 2 aromatic heterocycles. The second-order valence-corrected chi connectivity index (χ2v) is 5.19. The van der Waals surface area contributed by atoms with Crippen molar-refractivity contribution < 1.29 is 9.90 Å². The van der Waals surface area contributed by atoms with E-state index in [-0.39, 0.29) is 12.5 Å². The van der Waals surface area contributed by atoms with Gasteiger partial charge in [-0.2, -0.15) is 5.10 Å². The van der Waals surface area contributed by atoms with E-state index in [0.717, 1.165) is 12.1 Å². The summed E-state index contributed by atoms with van der Waals surface area (Å²) in [5.41, 5.74) is 0.677. The maximum Gasteiger partial charge on any atom is 0.270 e. The molecule has 6 heteroatoms. The fraction of sp³-hybridized carbons (Fsp3) is 0.400. The minimum atomic E-state index is -0.435. The Hall–Kier alpha value is -2.21. The van der Waals surface area contributed by atoms with Gasteiger partial charge in [-0.05, 0) is 38.0 Å². The Kier molecular flexibility index (Phi) is 4.70. The van der Waals surface area contributed by atoms with Gasteiger partial charge in [0.1, 0.15) is 5.69 Å². The largest absolute Gasteiger partial charge is 0.396 e. The Morgan fingerprint density at radius 1 is 1.48 bits per heavy atom. The van der Waals surface area contributed by atoms with Crippen molar-refractivity contribution in [3.63, 3.8) is 0 Å². The van der Waals surface area contributed by atoms with E-state index in [4.69, 9.17) is 5.11 Å². The molecule has 0 saturated heterocycles. The number of carbonyl (C=O) groups is 1. The first-order valence-electron chi connectivity index (χ1n) is 6.97. The van der Waals surface area contributed by atoms with Crippen molar-refractivity contribution in [2.45, 2.75) is 32.2 Å². The van der Waals surface area contributed by atoms with E-state index >= 15 is 0 Å². The van der Waals surface area contributed by atoms with Gasteiger partial charge in [0.2, 0.25) is 0 Å². The molecule has 2 heterocycles. The normalized spacial score (nSPS) is 13.7. The fourth-order valence-electron chi connectivity index (χ4n) is 2.02. The zero-order valence-electron chi connectivity index (χ0n) is 12.3. The molecule has 21 heavy (non-hydrogen) atoms. The number of aliphatic hydroxyl groups excluding tert-OH is 1. The molecule has 0 spiro atoms. The molecule has 1 amide bonds. The molecule has 2 rings (SSSR count). The lowest BCUT2D eigenvalue weighted by Gasteiger charge is -2.28. The van der Waals surface area contributed by atoms with Gasteiger partial charge in [0.05, 0.1) is 5.69 Å². The van der Waals surface area contributed by atoms with Gasteiger partial charge in [-0.25, -0.2) is 4.68 Å². The van der Waals surface area contributed by atoms with E-state index < -0.39 is 5.54 Å². The molecule has 0 radical (unpaired) electrons. The van der Waals surface area contributed by atoms with Crippen LogP contribution in [0.3, 0.4) is 0 Å². The van der Waals surface area contributed by atoms with Crippen LogP contribution in [0.1, 0.15) is 37.2 Å². The van der Waals surface area contributed by atoms with Gasteiger partial charge in [-0.1, -0.05) is 6.92 Å². The van der Waals surface area contributed by atoms with Gasteiger partial charge >= 0.3 is 0 Å². The van der Waals surface area contributed by atoms with Crippen LogP contribution in [-0.4, -0.2) is 37.9 Å². The number of rotatable bonds is 6. The second kappa shape index (κ2) is 6.49. The van der Waals surface area contributed by atoms with E-state index in [2.05, 4.69) is 15.4 Å². The monoisotopic (exact) mass is 288 g/mol. The Bertz CT molecular complexity index is 597. The van der Waals surface area contributed by atoms with Crippen molar-refractivity contribution in [2.24, 2.45) is 0 Å². The van der Waals surface area contributed by atoms with Crippen LogP contribution in [0, 0.1) is 0 Å². The molecular formula is C15H20N4O2. The molecule has 1 unspecified atom stereocenters. The predicted molar refractivity (Wildman–Crippen MR) is 79.2 cm³/mol. The quantitative estimate of drug-likeness (QED) is 0.845. The zero-order valence-corrected chi connectivity index (χ0v) is 12.3. The van der Waals surface area contributed by atoms with E-state index in [1.165, 1.54) is 0 Å². The van der Waals surface area contributed by atoms with E-state index in [1.807, 2.05) is 19.9 Å². The van der Waals surface area contributed by atoms with Gasteiger partial charge in [0.15, 0.2) is 0 Å². The molecule has 0 fully saturated rings. The van der Waals surface area contributed by atoms with Crippen molar-refractivity contribution in [2.75, 3.05) is 6.61 Å². The van der Waals surface area contributed by atoms with Gasteiger partial charge in [-0.3, -0.25) is 9.78 Å². The van der Waals surface area contributed by atoms with Crippen LogP contribution in [-0.2, 0) is 0 Å². The standard InChI is InChI=1S/C15H20N4O2/c1-3-15(2,6-10-20)18-14(21)13-11-12(5-8-16-13)19-9-4-7-17-19/h4-5,7-9,11,20H,3,6,10H2,1-2H3,(H,18,21). The first-order valence-corrected chi connectivity index (χ1v) is 6.97. The summed E-state index contributed by atoms with van der Waals surface area (Å²) in [6, 6.07) is 5.30. The van der Waals surface area contributed by atoms with Gasteiger partial charge in [0.25, 0.3) is 5.91 Å². The molecule has 2 N–H and O–H groups in total. The van der Waals surface area contributed by atoms with Crippen LogP contribution in [0.4, 0.5) is 0 Å². The number of pyridine rings is 1. The first-order chi connectivity index (χ1) is 10.1. The summed E-state index contributed by atoms with van der Waals surface area (Å²) in [7, 11) is 0. The summed E-state index contributed by atoms with van der Waals surface area (Å²) in [4.78, 5) is 16.4. The van der Waals surface area contributed by atoms with Crippen molar-refractivity contribution in [3.05, 3.63) is 42.5 Å². The second-order valence-electron chi connectivity index (χ2n) is 5.19. The van der Waals surface area contributed by atoms with Crippen LogP contribution in [0.15, 0.2) is 36.8 Å². The summed E-state index contributed by atoms with van der Waals surface area (Å²) in [5, 5.41) is 16.2. The lowest BCUT2D eigenvalue weighted by Crippen LogP contribution is -2.46.